The van der Waals surface area contributed by atoms with Crippen LogP contribution in [0, 0.1) is 109 Å². The number of rotatable bonds is 17. The summed E-state index contributed by atoms with van der Waals surface area (Å²) < 4.78 is 33.8. The van der Waals surface area contributed by atoms with Crippen molar-refractivity contribution in [1.82, 2.24) is 0 Å². The van der Waals surface area contributed by atoms with Crippen molar-refractivity contribution in [1.29, 1.82) is 0 Å². The van der Waals surface area contributed by atoms with Crippen LogP contribution in [0.5, 0.6) is 0 Å². The molecule has 0 heterocycles. The Morgan fingerprint density at radius 3 is 0.891 bits per heavy atom. The van der Waals surface area contributed by atoms with Gasteiger partial charge < -0.3 is 28.4 Å². The van der Waals surface area contributed by atoms with Gasteiger partial charge in [0.05, 0.1) is 39.6 Å². The van der Waals surface area contributed by atoms with Crippen molar-refractivity contribution in [2.75, 3.05) is 7.11 Å². The van der Waals surface area contributed by atoms with Crippen molar-refractivity contribution in [3.05, 3.63) is 0 Å². The Balaban J connectivity index is -0.000000312. The molecule has 0 saturated heterocycles. The predicted molar refractivity (Wildman–Crippen MR) is 516 cm³/mol. The number of methoxy groups -OCH3 is 1. The third-order valence-corrected chi connectivity index (χ3v) is 31.4. The maximum absolute atomic E-state index is 12.4. The minimum Gasteiger partial charge on any atom is -0.469 e. The average molecular weight is 1690 g/mol. The SMILES string of the molecule is C.C.C.C.C.C.C.C.C.C.C.C.C1CCC2(CC1)CC2.CCC(C)(C)C(=O)OC.CCC(C)(C)C(=O)OC1CC2CCCC3CCCC1C32.CCC(C)(C)C(=O)OC1CCC2CCCC21.CCC(C)(C)C(=O)OC1CCC2CCCCC21.CCC(C)(C)C(=O)OC1CCC2CCCCC2C1.CCC(C)(C)C(=O)OC1CCCCC2CCCCC21. The fourth-order valence-corrected chi connectivity index (χ4v) is 20.8. The summed E-state index contributed by atoms with van der Waals surface area (Å²) in [6.07, 6.45) is 59.8. The highest BCUT2D eigenvalue weighted by Gasteiger charge is 2.52. The number of carbonyl (C=O) groups excluding carboxylic acids is 6. The monoisotopic (exact) mass is 1690 g/mol. The molecule has 0 amide bonds. The molecular weight excluding hydrogens is 1480 g/mol. The van der Waals surface area contributed by atoms with Crippen LogP contribution < -0.4 is 0 Å². The third kappa shape index (κ3) is 36.2. The predicted octanol–water partition coefficient (Wildman–Crippen LogP) is 33.0. The van der Waals surface area contributed by atoms with Crippen molar-refractivity contribution < 1.29 is 57.2 Å². The number of fused-ring (bicyclic) bond motifs is 4. The number of esters is 6. The van der Waals surface area contributed by atoms with E-state index in [0.717, 1.165) is 130 Å². The summed E-state index contributed by atoms with van der Waals surface area (Å²) in [4.78, 5) is 71.8. The lowest BCUT2D eigenvalue weighted by Gasteiger charge is -2.41. The van der Waals surface area contributed by atoms with E-state index in [1.807, 2.05) is 96.9 Å². The van der Waals surface area contributed by atoms with Gasteiger partial charge in [0.2, 0.25) is 0 Å². The fraction of sp³-hybridized carbons (Fsp3) is 0.944. The molecule has 0 aromatic heterocycles. The molecule has 714 valence electrons. The normalized spacial score (nSPS) is 29.2. The molecular formula is C107H214O12. The van der Waals surface area contributed by atoms with Gasteiger partial charge in [0.25, 0.3) is 0 Å². The van der Waals surface area contributed by atoms with Gasteiger partial charge in [-0.1, -0.05) is 272 Å². The van der Waals surface area contributed by atoms with Crippen LogP contribution in [0.15, 0.2) is 0 Å². The molecule has 17 atom stereocenters. The van der Waals surface area contributed by atoms with Crippen molar-refractivity contribution in [3.8, 4) is 0 Å². The van der Waals surface area contributed by atoms with Gasteiger partial charge in [-0.2, -0.15) is 0 Å². The molecule has 13 saturated carbocycles. The highest BCUT2D eigenvalue weighted by Crippen LogP contribution is 2.57. The Hall–Kier alpha value is -3.18. The smallest absolute Gasteiger partial charge is 0.311 e. The molecule has 13 aliphatic carbocycles. The zero-order chi connectivity index (χ0) is 78.5. The van der Waals surface area contributed by atoms with E-state index in [1.54, 1.807) is 25.7 Å². The first kappa shape index (κ1) is 127. The number of carbonyl (C=O) groups is 6. The molecule has 0 aromatic carbocycles. The summed E-state index contributed by atoms with van der Waals surface area (Å²) in [5.41, 5.74) is -0.960. The van der Waals surface area contributed by atoms with Crippen LogP contribution in [0.3, 0.4) is 0 Å². The van der Waals surface area contributed by atoms with Crippen molar-refractivity contribution in [2.24, 2.45) is 109 Å². The Bertz CT molecular complexity index is 2710. The molecule has 17 unspecified atom stereocenters. The van der Waals surface area contributed by atoms with E-state index in [0.29, 0.717) is 23.7 Å². The van der Waals surface area contributed by atoms with Gasteiger partial charge in [-0.25, -0.2) is 0 Å². The van der Waals surface area contributed by atoms with Gasteiger partial charge in [0, 0.05) is 0 Å². The zero-order valence-corrected chi connectivity index (χ0v) is 72.7. The molecule has 12 nitrogen and oxygen atoms in total. The summed E-state index contributed by atoms with van der Waals surface area (Å²) in [7, 11) is 1.42. The first-order valence-electron chi connectivity index (χ1n) is 45.8. The lowest BCUT2D eigenvalue weighted by molar-refractivity contribution is -0.165. The summed E-state index contributed by atoms with van der Waals surface area (Å²) in [6, 6.07) is 0. The highest BCUT2D eigenvalue weighted by atomic mass is 16.6. The summed E-state index contributed by atoms with van der Waals surface area (Å²) >= 11 is 0. The molecule has 13 rings (SSSR count). The number of hydrogen-bond acceptors (Lipinski definition) is 12. The van der Waals surface area contributed by atoms with Gasteiger partial charge in [-0.15, -0.1) is 0 Å². The Morgan fingerprint density at radius 2 is 0.521 bits per heavy atom. The van der Waals surface area contributed by atoms with Gasteiger partial charge >= 0.3 is 35.8 Å². The summed E-state index contributed by atoms with van der Waals surface area (Å²) in [5.74, 6) is 9.53. The van der Waals surface area contributed by atoms with Crippen LogP contribution in [-0.2, 0) is 57.2 Å². The van der Waals surface area contributed by atoms with E-state index in [9.17, 15) is 28.8 Å². The zero-order valence-electron chi connectivity index (χ0n) is 72.7. The van der Waals surface area contributed by atoms with Gasteiger partial charge in [-0.3, -0.25) is 28.8 Å². The number of ether oxygens (including phenoxy) is 6. The molecule has 0 bridgehead atoms. The van der Waals surface area contributed by atoms with Crippen molar-refractivity contribution in [3.63, 3.8) is 0 Å². The van der Waals surface area contributed by atoms with Crippen molar-refractivity contribution in [2.45, 2.75) is 540 Å². The van der Waals surface area contributed by atoms with Crippen LogP contribution in [0.1, 0.15) is 509 Å². The highest BCUT2D eigenvalue weighted by molar-refractivity contribution is 5.78. The van der Waals surface area contributed by atoms with Gasteiger partial charge in [0.15, 0.2) is 0 Å². The van der Waals surface area contributed by atoms with E-state index < -0.39 is 0 Å². The second kappa shape index (κ2) is 58.2. The Morgan fingerprint density at radius 1 is 0.244 bits per heavy atom. The molecule has 13 fully saturated rings. The second-order valence-corrected chi connectivity index (χ2v) is 41.0. The minimum absolute atomic E-state index is 0. The topological polar surface area (TPSA) is 158 Å². The van der Waals surface area contributed by atoms with Gasteiger partial charge in [-0.05, 0) is 314 Å². The second-order valence-electron chi connectivity index (χ2n) is 41.0. The standard InChI is InChI=1S/C18H30O2.C17H30O2.C16H28O2.C15H26O2.C14H24O2.C8H14.C7H14O2.12CH4/c1-4-18(2,3)17(19)20-15-11-13-9-5-7-12-8-6-10-14(15)16(12)13;1-4-17(2,3)16(18)19-15-12-8-6-10-13-9-5-7-11-14(13)15;1-4-16(2,3)15(17)18-14-10-9-12-7-5-6-8-13(12)11-14;1-4-15(2,3)14(16)17-13-10-9-11-7-5-6-8-12(11)13;1-4-14(2,3)13(15)16-12-9-8-10-6-5-7-11(10)12;1-2-4-8(5-3-1)6-7-8;1-5-7(2,3)6(8)9-4;;;;;;;;;;;;/h12-16H,4-11H2,1-3H3;13-15H,4-12H2,1-3H3;12-14H,4-11H2,1-3H3;11-13H,4-10H2,1-3H3;10-12H,4-9H2,1-3H3;1-7H2;5H2,1-4H3;12*1H4. The Kier molecular flexibility index (Phi) is 62.0. The third-order valence-electron chi connectivity index (χ3n) is 31.4. The number of hydrogen-bond donors (Lipinski definition) is 0. The van der Waals surface area contributed by atoms with E-state index in [1.165, 1.54) is 200 Å². The van der Waals surface area contributed by atoms with E-state index in [4.69, 9.17) is 23.7 Å². The van der Waals surface area contributed by atoms with Crippen molar-refractivity contribution >= 4 is 35.8 Å². The van der Waals surface area contributed by atoms with Crippen LogP contribution >= 0.6 is 0 Å². The summed E-state index contributed by atoms with van der Waals surface area (Å²) in [6.45, 7) is 36.0. The quantitative estimate of drug-likeness (QED) is 0.100. The lowest BCUT2D eigenvalue weighted by Crippen LogP contribution is -2.37. The van der Waals surface area contributed by atoms with Crippen LogP contribution in [0.2, 0.25) is 0 Å². The van der Waals surface area contributed by atoms with E-state index in [2.05, 4.69) is 32.4 Å². The van der Waals surface area contributed by atoms with E-state index >= 15 is 0 Å². The largest absolute Gasteiger partial charge is 0.469 e. The molecule has 13 aliphatic rings. The van der Waals surface area contributed by atoms with Crippen LogP contribution in [0.4, 0.5) is 0 Å². The fourth-order valence-electron chi connectivity index (χ4n) is 20.8. The van der Waals surface area contributed by atoms with Crippen LogP contribution in [-0.4, -0.2) is 73.4 Å². The molecule has 12 heteroatoms. The average Bonchev–Trinajstić information content (AvgIpc) is 1.61. The molecule has 0 radical (unpaired) electrons. The minimum atomic E-state index is -0.323. The summed E-state index contributed by atoms with van der Waals surface area (Å²) in [5, 5.41) is 0. The maximum atomic E-state index is 12.4. The molecule has 0 aliphatic heterocycles. The lowest BCUT2D eigenvalue weighted by atomic mass is 9.65. The molecule has 119 heavy (non-hydrogen) atoms. The van der Waals surface area contributed by atoms with Crippen LogP contribution in [0.25, 0.3) is 0 Å². The van der Waals surface area contributed by atoms with Gasteiger partial charge in [0.1, 0.15) is 30.5 Å². The first-order chi connectivity index (χ1) is 50.6. The van der Waals surface area contributed by atoms with E-state index in [-0.39, 0.29) is 188 Å². The Labute approximate surface area is 744 Å². The molecule has 0 N–H and O–H groups in total. The first-order valence-corrected chi connectivity index (χ1v) is 45.8. The maximum Gasteiger partial charge on any atom is 0.311 e. The molecule has 1 spiro atoms. The molecule has 0 aromatic rings.